The zero-order valence-electron chi connectivity index (χ0n) is 11.7. The van der Waals surface area contributed by atoms with Gasteiger partial charge in [0.25, 0.3) is 0 Å². The van der Waals surface area contributed by atoms with Crippen molar-refractivity contribution in [2.75, 3.05) is 18.6 Å². The minimum Gasteiger partial charge on any atom is -0.371 e. The summed E-state index contributed by atoms with van der Waals surface area (Å²) in [7, 11) is -2.01. The Labute approximate surface area is 106 Å². The van der Waals surface area contributed by atoms with Crippen LogP contribution < -0.4 is 0 Å². The van der Waals surface area contributed by atoms with Gasteiger partial charge in [-0.15, -0.1) is 0 Å². The summed E-state index contributed by atoms with van der Waals surface area (Å²) in [5.41, 5.74) is 0. The summed E-state index contributed by atoms with van der Waals surface area (Å²) in [5.74, 6) is 4.41. The molecule has 4 heteroatoms. The smallest absolute Gasteiger partial charge is 0.161 e. The number of ketones is 1. The molecule has 0 N–H and O–H groups in total. The van der Waals surface area contributed by atoms with Crippen LogP contribution in [0.1, 0.15) is 34.1 Å². The van der Waals surface area contributed by atoms with E-state index in [4.69, 9.17) is 4.74 Å². The van der Waals surface area contributed by atoms with Crippen LogP contribution in [0.25, 0.3) is 0 Å². The molecule has 0 aliphatic carbocycles. The summed E-state index contributed by atoms with van der Waals surface area (Å²) in [5, 5.41) is 0. The number of carbonyl (C=O) groups is 1. The first-order valence-corrected chi connectivity index (χ1v) is 8.38. The summed E-state index contributed by atoms with van der Waals surface area (Å²) in [6.07, 6.45) is 2.34. The Morgan fingerprint density at radius 2 is 1.82 bits per heavy atom. The van der Waals surface area contributed by atoms with Gasteiger partial charge in [-0.25, -0.2) is 0 Å². The molecule has 2 atom stereocenters. The van der Waals surface area contributed by atoms with Gasteiger partial charge >= 0.3 is 0 Å². The normalized spacial score (nSPS) is 17.1. The molecule has 0 aliphatic rings. The molecule has 0 rings (SSSR count). The van der Waals surface area contributed by atoms with Crippen molar-refractivity contribution in [2.45, 2.75) is 40.2 Å². The van der Waals surface area contributed by atoms with Crippen LogP contribution in [0, 0.1) is 11.8 Å². The fourth-order valence-corrected chi connectivity index (χ4v) is 2.35. The van der Waals surface area contributed by atoms with Crippen molar-refractivity contribution in [1.29, 1.82) is 0 Å². The van der Waals surface area contributed by atoms with E-state index in [2.05, 4.69) is 5.87 Å². The monoisotopic (exact) mass is 262 g/mol. The van der Waals surface area contributed by atoms with Crippen molar-refractivity contribution >= 4 is 21.2 Å². The Bertz CT molecular complexity index is 329. The van der Waals surface area contributed by atoms with E-state index < -0.39 is 9.52 Å². The summed E-state index contributed by atoms with van der Waals surface area (Å²) < 4.78 is 16.9. The van der Waals surface area contributed by atoms with Crippen LogP contribution >= 0.6 is 0 Å². The average molecular weight is 262 g/mol. The molecule has 0 aromatic rings. The number of hydrogen-bond acceptors (Lipinski definition) is 3. The maximum Gasteiger partial charge on any atom is 0.161 e. The average Bonchev–Trinajstić information content (AvgIpc) is 2.12. The molecule has 2 unspecified atom stereocenters. The Morgan fingerprint density at radius 1 is 1.29 bits per heavy atom. The highest BCUT2D eigenvalue weighted by atomic mass is 32.2. The van der Waals surface area contributed by atoms with Crippen molar-refractivity contribution in [3.8, 4) is 0 Å². The highest BCUT2D eigenvalue weighted by Gasteiger charge is 2.22. The van der Waals surface area contributed by atoms with Gasteiger partial charge in [0, 0.05) is 17.9 Å². The molecule has 0 fully saturated rings. The maximum absolute atomic E-state index is 12.0. The summed E-state index contributed by atoms with van der Waals surface area (Å²) in [6, 6.07) is 0. The van der Waals surface area contributed by atoms with Gasteiger partial charge in [-0.1, -0.05) is 13.8 Å². The molecule has 0 saturated heterocycles. The highest BCUT2D eigenvalue weighted by Crippen LogP contribution is 2.17. The van der Waals surface area contributed by atoms with E-state index in [1.807, 2.05) is 27.7 Å². The predicted octanol–water partition coefficient (Wildman–Crippen LogP) is 1.99. The Morgan fingerprint density at radius 3 is 2.18 bits per heavy atom. The molecule has 3 nitrogen and oxygen atoms in total. The third-order valence-electron chi connectivity index (χ3n) is 2.64. The second-order valence-corrected chi connectivity index (χ2v) is 8.13. The zero-order chi connectivity index (χ0) is 13.6. The number of carbonyl (C=O) groups excluding carboxylic acids is 1. The van der Waals surface area contributed by atoms with Gasteiger partial charge in [0.2, 0.25) is 0 Å². The fourth-order valence-electron chi connectivity index (χ4n) is 1.60. The molecule has 0 heterocycles. The first kappa shape index (κ1) is 16.6. The van der Waals surface area contributed by atoms with E-state index in [-0.39, 0.29) is 30.3 Å². The Balaban J connectivity index is 4.37. The molecule has 0 aromatic carbocycles. The van der Waals surface area contributed by atoms with Crippen molar-refractivity contribution in [2.24, 2.45) is 11.8 Å². The van der Waals surface area contributed by atoms with Gasteiger partial charge < -0.3 is 4.74 Å². The summed E-state index contributed by atoms with van der Waals surface area (Å²) >= 11 is 0. The molecular formula is C13H26O3S. The van der Waals surface area contributed by atoms with Crippen molar-refractivity contribution in [1.82, 2.24) is 0 Å². The minimum atomic E-state index is -2.01. The minimum absolute atomic E-state index is 0.0648. The number of rotatable bonds is 8. The van der Waals surface area contributed by atoms with E-state index in [0.29, 0.717) is 12.2 Å². The molecule has 0 saturated carbocycles. The van der Waals surface area contributed by atoms with Crippen molar-refractivity contribution < 1.29 is 13.7 Å². The van der Waals surface area contributed by atoms with Crippen molar-refractivity contribution in [3.63, 3.8) is 0 Å². The third kappa shape index (κ3) is 8.38. The van der Waals surface area contributed by atoms with Gasteiger partial charge in [-0.3, -0.25) is 9.00 Å². The largest absolute Gasteiger partial charge is 0.371 e. The molecule has 0 amide bonds. The van der Waals surface area contributed by atoms with Crippen LogP contribution in [0.2, 0.25) is 0 Å². The standard InChI is InChI=1S/C13H26O3S/c1-10(2)12(7-8-17(5,6)15)13(14)9-16-11(3)4/h10-12H,5,7-9H2,1-4,6H3. The highest BCUT2D eigenvalue weighted by molar-refractivity contribution is 7.99. The Hall–Kier alpha value is -0.350. The van der Waals surface area contributed by atoms with Gasteiger partial charge in [0.15, 0.2) is 5.78 Å². The molecular weight excluding hydrogens is 236 g/mol. The molecule has 0 bridgehead atoms. The fraction of sp³-hybridized carbons (Fsp3) is 0.846. The van der Waals surface area contributed by atoms with Crippen LogP contribution in [0.3, 0.4) is 0 Å². The van der Waals surface area contributed by atoms with Crippen LogP contribution in [-0.4, -0.2) is 40.6 Å². The third-order valence-corrected chi connectivity index (χ3v) is 3.74. The predicted molar refractivity (Wildman–Crippen MR) is 75.1 cm³/mol. The lowest BCUT2D eigenvalue weighted by molar-refractivity contribution is -0.130. The molecule has 102 valence electrons. The molecule has 0 radical (unpaired) electrons. The van der Waals surface area contributed by atoms with Crippen LogP contribution in [-0.2, 0) is 19.1 Å². The van der Waals surface area contributed by atoms with Crippen LogP contribution in [0.4, 0.5) is 0 Å². The van der Waals surface area contributed by atoms with Gasteiger partial charge in [-0.2, -0.15) is 0 Å². The molecule has 17 heavy (non-hydrogen) atoms. The lowest BCUT2D eigenvalue weighted by Crippen LogP contribution is -2.27. The van der Waals surface area contributed by atoms with Crippen molar-refractivity contribution in [3.05, 3.63) is 0 Å². The second kappa shape index (κ2) is 7.17. The van der Waals surface area contributed by atoms with E-state index in [0.717, 1.165) is 0 Å². The first-order valence-electron chi connectivity index (χ1n) is 6.07. The van der Waals surface area contributed by atoms with Gasteiger partial charge in [-0.05, 0) is 41.6 Å². The van der Waals surface area contributed by atoms with E-state index in [9.17, 15) is 9.00 Å². The lowest BCUT2D eigenvalue weighted by atomic mass is 9.89. The maximum atomic E-state index is 12.0. The molecule has 0 spiro atoms. The summed E-state index contributed by atoms with van der Waals surface area (Å²) in [4.78, 5) is 12.0. The van der Waals surface area contributed by atoms with Crippen LogP contribution in [0.5, 0.6) is 0 Å². The number of hydrogen-bond donors (Lipinski definition) is 0. The number of ether oxygens (including phenoxy) is 1. The zero-order valence-corrected chi connectivity index (χ0v) is 12.5. The van der Waals surface area contributed by atoms with Gasteiger partial charge in [0.05, 0.1) is 6.10 Å². The topological polar surface area (TPSA) is 43.4 Å². The second-order valence-electron chi connectivity index (χ2n) is 5.35. The first-order chi connectivity index (χ1) is 7.63. The lowest BCUT2D eigenvalue weighted by Gasteiger charge is -2.20. The SMILES string of the molecule is C=S(C)(=O)CCC(C(=O)COC(C)C)C(C)C. The van der Waals surface area contributed by atoms with Crippen LogP contribution in [0.15, 0.2) is 0 Å². The summed E-state index contributed by atoms with van der Waals surface area (Å²) in [6.45, 7) is 8.00. The molecule has 0 aliphatic heterocycles. The molecule has 0 aromatic heterocycles. The van der Waals surface area contributed by atoms with E-state index in [1.165, 1.54) is 0 Å². The van der Waals surface area contributed by atoms with E-state index in [1.54, 1.807) is 6.26 Å². The van der Waals surface area contributed by atoms with Gasteiger partial charge in [0.1, 0.15) is 6.61 Å². The quantitative estimate of drug-likeness (QED) is 0.628. The number of Topliss-reactive ketones (excluding diaryl/α,β-unsaturated/α-hetero) is 1. The Kier molecular flexibility index (Phi) is 7.02. The van der Waals surface area contributed by atoms with E-state index >= 15 is 0 Å².